The number of nitrogens with one attached hydrogen (secondary N) is 2. The standard InChI is InChI=1S/C30H34F3N3O4.C30H35F2N3O4/c31-24-16-22(17-25(32)28(24)33)6-7-27(38)35-14-10-23(11-15-35)29(30(39)40)36-12-8-20(9-13-36)18-26(37)34-19-21-4-2-1-3-5-21;31-25-16-23(17-26(32)19-25)6-7-28(37)34-14-10-24(11-15-34)29(30(38)39)35-12-8-21(9-13-35)18-27(36)33-20-22-4-2-1-3-5-22/h1-7,16-17,20,23,29H,8-15,18-19H2,(H,34,37)(H,39,40);1-7,16-17,19,21,24,29H,8-15,18,20H2,(H,33,36)(H,38,39)/b2*7-6+. The number of carbonyl (C=O) groups excluding carboxylic acids is 4. The number of nitrogens with zero attached hydrogens (tertiary/aromatic N) is 4. The Morgan fingerprint density at radius 3 is 1.20 bits per heavy atom. The van der Waals surface area contributed by atoms with Gasteiger partial charge in [-0.25, -0.2) is 22.0 Å². The van der Waals surface area contributed by atoms with Gasteiger partial charge in [-0.15, -0.1) is 0 Å². The predicted octanol–water partition coefficient (Wildman–Crippen LogP) is 8.32. The van der Waals surface area contributed by atoms with E-state index in [0.29, 0.717) is 104 Å². The number of hydrogen-bond acceptors (Lipinski definition) is 8. The number of carbonyl (C=O) groups is 6. The number of hydrogen-bond donors (Lipinski definition) is 4. The molecule has 4 saturated heterocycles. The van der Waals surface area contributed by atoms with Crippen LogP contribution in [-0.2, 0) is 41.9 Å². The molecule has 0 aliphatic carbocycles. The molecule has 0 saturated carbocycles. The summed E-state index contributed by atoms with van der Waals surface area (Å²) < 4.78 is 66.7. The van der Waals surface area contributed by atoms with Gasteiger partial charge in [0, 0.05) is 70.3 Å². The SMILES string of the molecule is O=C(CC1CCN(C(C(=O)O)C2CCN(C(=O)/C=C/c3cc(F)c(F)c(F)c3)CC2)CC1)NCc1ccccc1.O=C(CC1CCN(C(C(=O)O)C2CCN(C(=O)/C=C/c3cc(F)cc(F)c3)CC2)CC1)NCc1ccccc1. The van der Waals surface area contributed by atoms with Crippen LogP contribution in [-0.4, -0.2) is 130 Å². The lowest BCUT2D eigenvalue weighted by molar-refractivity contribution is -0.148. The number of carboxylic acid groups (broad SMARTS) is 2. The maximum absolute atomic E-state index is 13.4. The second-order valence-electron chi connectivity index (χ2n) is 21.0. The van der Waals surface area contributed by atoms with Gasteiger partial charge in [-0.05, 0) is 160 Å². The van der Waals surface area contributed by atoms with E-state index in [1.165, 1.54) is 24.3 Å². The molecule has 79 heavy (non-hydrogen) atoms. The Bertz CT molecular complexity index is 2730. The zero-order valence-electron chi connectivity index (χ0n) is 44.1. The summed E-state index contributed by atoms with van der Waals surface area (Å²) in [5, 5.41) is 26.0. The molecule has 0 aromatic heterocycles. The molecular formula is C60H69F5N6O8. The predicted molar refractivity (Wildman–Crippen MR) is 287 cm³/mol. The quantitative estimate of drug-likeness (QED) is 0.0430. The fourth-order valence-electron chi connectivity index (χ4n) is 11.2. The minimum Gasteiger partial charge on any atom is -0.480 e. The molecule has 19 heteroatoms. The second-order valence-corrected chi connectivity index (χ2v) is 21.0. The summed E-state index contributed by atoms with van der Waals surface area (Å²) in [5.74, 6) is -7.78. The van der Waals surface area contributed by atoms with Crippen LogP contribution < -0.4 is 10.6 Å². The molecule has 2 atom stereocenters. The summed E-state index contributed by atoms with van der Waals surface area (Å²) in [7, 11) is 0. The van der Waals surface area contributed by atoms with Crippen molar-refractivity contribution in [2.24, 2.45) is 23.7 Å². The van der Waals surface area contributed by atoms with Crippen molar-refractivity contribution in [2.75, 3.05) is 52.4 Å². The van der Waals surface area contributed by atoms with E-state index in [4.69, 9.17) is 0 Å². The largest absolute Gasteiger partial charge is 0.480 e. The summed E-state index contributed by atoms with van der Waals surface area (Å²) in [6.07, 6.45) is 11.1. The summed E-state index contributed by atoms with van der Waals surface area (Å²) >= 11 is 0. The van der Waals surface area contributed by atoms with Crippen molar-refractivity contribution in [1.82, 2.24) is 30.2 Å². The topological polar surface area (TPSA) is 180 Å². The molecule has 4 aromatic rings. The van der Waals surface area contributed by atoms with Gasteiger partial charge < -0.3 is 30.6 Å². The molecule has 422 valence electrons. The van der Waals surface area contributed by atoms with Gasteiger partial charge in [-0.1, -0.05) is 60.7 Å². The summed E-state index contributed by atoms with van der Waals surface area (Å²) in [5.41, 5.74) is 2.38. The van der Waals surface area contributed by atoms with Crippen LogP contribution >= 0.6 is 0 Å². The van der Waals surface area contributed by atoms with Crippen LogP contribution in [0.1, 0.15) is 86.5 Å². The third kappa shape index (κ3) is 17.9. The van der Waals surface area contributed by atoms with Crippen molar-refractivity contribution >= 4 is 47.7 Å². The van der Waals surface area contributed by atoms with Gasteiger partial charge in [0.05, 0.1) is 0 Å². The van der Waals surface area contributed by atoms with Crippen LogP contribution in [0.4, 0.5) is 22.0 Å². The van der Waals surface area contributed by atoms with Gasteiger partial charge in [0.15, 0.2) is 17.5 Å². The fraction of sp³-hybridized carbons (Fsp3) is 0.433. The van der Waals surface area contributed by atoms with Crippen LogP contribution in [0.15, 0.2) is 103 Å². The zero-order chi connectivity index (χ0) is 56.4. The highest BCUT2D eigenvalue weighted by Gasteiger charge is 2.40. The Morgan fingerprint density at radius 1 is 0.494 bits per heavy atom. The van der Waals surface area contributed by atoms with Gasteiger partial charge >= 0.3 is 11.9 Å². The van der Waals surface area contributed by atoms with Gasteiger partial charge in [-0.3, -0.25) is 38.6 Å². The van der Waals surface area contributed by atoms with E-state index in [9.17, 15) is 60.9 Å². The highest BCUT2D eigenvalue weighted by Crippen LogP contribution is 2.32. The van der Waals surface area contributed by atoms with Gasteiger partial charge in [0.2, 0.25) is 23.6 Å². The summed E-state index contributed by atoms with van der Waals surface area (Å²) in [6.45, 7) is 5.00. The molecule has 4 N–H and O–H groups in total. The number of halogens is 5. The molecule has 0 radical (unpaired) electrons. The van der Waals surface area contributed by atoms with Crippen LogP contribution in [0.5, 0.6) is 0 Å². The van der Waals surface area contributed by atoms with E-state index in [1.54, 1.807) is 9.80 Å². The number of aliphatic carboxylic acids is 2. The van der Waals surface area contributed by atoms with Crippen molar-refractivity contribution in [3.05, 3.63) is 154 Å². The molecule has 4 aromatic carbocycles. The number of likely N-dealkylation sites (tertiary alicyclic amines) is 4. The van der Waals surface area contributed by atoms with Crippen LogP contribution in [0.25, 0.3) is 12.2 Å². The smallest absolute Gasteiger partial charge is 0.321 e. The summed E-state index contributed by atoms with van der Waals surface area (Å²) in [4.78, 5) is 81.7. The number of rotatable bonds is 18. The maximum atomic E-state index is 13.4. The molecule has 8 rings (SSSR count). The van der Waals surface area contributed by atoms with E-state index in [2.05, 4.69) is 10.6 Å². The molecule has 2 unspecified atom stereocenters. The second kappa shape index (κ2) is 29.1. The molecule has 0 spiro atoms. The van der Waals surface area contributed by atoms with Gasteiger partial charge in [0.25, 0.3) is 0 Å². The molecule has 14 nitrogen and oxygen atoms in total. The van der Waals surface area contributed by atoms with Gasteiger partial charge in [0.1, 0.15) is 23.7 Å². The first-order chi connectivity index (χ1) is 38.0. The average Bonchev–Trinajstić information content (AvgIpc) is 3.45. The molecular weight excluding hydrogens is 1030 g/mol. The lowest BCUT2D eigenvalue weighted by Gasteiger charge is -2.41. The lowest BCUT2D eigenvalue weighted by Crippen LogP contribution is -2.52. The molecule has 0 bridgehead atoms. The average molecular weight is 1100 g/mol. The Kier molecular flexibility index (Phi) is 21.9. The minimum atomic E-state index is -1.56. The minimum absolute atomic E-state index is 0.00197. The molecule has 4 amide bonds. The van der Waals surface area contributed by atoms with E-state index >= 15 is 0 Å². The van der Waals surface area contributed by atoms with Crippen LogP contribution in [0, 0.1) is 52.8 Å². The number of carboxylic acids is 2. The van der Waals surface area contributed by atoms with E-state index in [-0.39, 0.29) is 58.4 Å². The van der Waals surface area contributed by atoms with Crippen molar-refractivity contribution in [2.45, 2.75) is 89.4 Å². The zero-order valence-corrected chi connectivity index (χ0v) is 44.1. The first kappa shape index (κ1) is 59.4. The Hall–Kier alpha value is -7.25. The van der Waals surface area contributed by atoms with E-state index in [0.717, 1.165) is 67.1 Å². The monoisotopic (exact) mass is 1100 g/mol. The highest BCUT2D eigenvalue weighted by molar-refractivity contribution is 5.92. The number of benzene rings is 4. The Morgan fingerprint density at radius 2 is 0.848 bits per heavy atom. The normalized spacial score (nSPS) is 18.2. The third-order valence-electron chi connectivity index (χ3n) is 15.5. The number of piperidine rings is 4. The molecule has 4 aliphatic rings. The lowest BCUT2D eigenvalue weighted by atomic mass is 9.85. The van der Waals surface area contributed by atoms with E-state index < -0.39 is 53.1 Å². The van der Waals surface area contributed by atoms with Crippen molar-refractivity contribution in [3.8, 4) is 0 Å². The Labute approximate surface area is 457 Å². The third-order valence-corrected chi connectivity index (χ3v) is 15.5. The van der Waals surface area contributed by atoms with Crippen molar-refractivity contribution in [1.29, 1.82) is 0 Å². The fourth-order valence-corrected chi connectivity index (χ4v) is 11.2. The molecule has 4 aliphatic heterocycles. The highest BCUT2D eigenvalue weighted by atomic mass is 19.2. The molecule has 4 fully saturated rings. The first-order valence-corrected chi connectivity index (χ1v) is 27.1. The maximum Gasteiger partial charge on any atom is 0.321 e. The van der Waals surface area contributed by atoms with Gasteiger partial charge in [-0.2, -0.15) is 0 Å². The van der Waals surface area contributed by atoms with Crippen molar-refractivity contribution in [3.63, 3.8) is 0 Å². The van der Waals surface area contributed by atoms with Crippen LogP contribution in [0.2, 0.25) is 0 Å². The summed E-state index contributed by atoms with van der Waals surface area (Å²) in [6, 6.07) is 22.9. The van der Waals surface area contributed by atoms with Crippen LogP contribution in [0.3, 0.4) is 0 Å². The number of amides is 4. The van der Waals surface area contributed by atoms with E-state index in [1.807, 2.05) is 70.5 Å². The van der Waals surface area contributed by atoms with Crippen molar-refractivity contribution < 1.29 is 60.9 Å². The Balaban J connectivity index is 0.000000229. The molecule has 4 heterocycles. The first-order valence-electron chi connectivity index (χ1n) is 27.1.